The second-order valence-electron chi connectivity index (χ2n) is 9.03. The Morgan fingerprint density at radius 1 is 0.500 bits per heavy atom. The molecular formula is C34H24N2O2. The van der Waals surface area contributed by atoms with Crippen molar-refractivity contribution in [3.63, 3.8) is 0 Å². The fraction of sp³-hybridized carbons (Fsp3) is 0. The van der Waals surface area contributed by atoms with E-state index in [9.17, 15) is 10.2 Å². The molecule has 0 bridgehead atoms. The van der Waals surface area contributed by atoms with E-state index in [2.05, 4.69) is 53.5 Å². The van der Waals surface area contributed by atoms with Gasteiger partial charge in [0.25, 0.3) is 0 Å². The fourth-order valence-corrected chi connectivity index (χ4v) is 4.69. The highest BCUT2D eigenvalue weighted by Crippen LogP contribution is 2.41. The largest absolute Gasteiger partial charge is 0.507 e. The Hall–Kier alpha value is -5.22. The highest BCUT2D eigenvalue weighted by Gasteiger charge is 2.13. The maximum atomic E-state index is 10.2. The van der Waals surface area contributed by atoms with Crippen LogP contribution >= 0.6 is 0 Å². The second kappa shape index (κ2) is 10.0. The average Bonchev–Trinajstić information content (AvgIpc) is 2.96. The van der Waals surface area contributed by atoms with Gasteiger partial charge < -0.3 is 10.2 Å². The van der Waals surface area contributed by atoms with Crippen molar-refractivity contribution in [2.45, 2.75) is 0 Å². The van der Waals surface area contributed by atoms with Crippen molar-refractivity contribution in [3.8, 4) is 22.6 Å². The first kappa shape index (κ1) is 23.2. The normalized spacial score (nSPS) is 11.7. The van der Waals surface area contributed by atoms with E-state index in [0.717, 1.165) is 44.0 Å². The number of benzene rings is 6. The topological polar surface area (TPSA) is 65.2 Å². The lowest BCUT2D eigenvalue weighted by atomic mass is 9.92. The fourth-order valence-electron chi connectivity index (χ4n) is 4.69. The van der Waals surface area contributed by atoms with E-state index >= 15 is 0 Å². The third-order valence-electron chi connectivity index (χ3n) is 6.61. The van der Waals surface area contributed by atoms with Crippen LogP contribution in [0.2, 0.25) is 0 Å². The first-order valence-electron chi connectivity index (χ1n) is 12.4. The first-order valence-corrected chi connectivity index (χ1v) is 12.4. The molecule has 6 rings (SSSR count). The van der Waals surface area contributed by atoms with Crippen LogP contribution in [0, 0.1) is 0 Å². The SMILES string of the molecule is Oc1ccccc1C=Nc1ccc2cccc(-c3c(N=Cc4ccccc4O)ccc4ccccc34)c2c1. The van der Waals surface area contributed by atoms with Gasteiger partial charge in [-0.1, -0.05) is 78.9 Å². The van der Waals surface area contributed by atoms with E-state index in [4.69, 9.17) is 4.99 Å². The molecule has 0 fully saturated rings. The number of phenols is 2. The number of phenolic OH excluding ortho intramolecular Hbond substituents is 2. The van der Waals surface area contributed by atoms with Gasteiger partial charge in [0.05, 0.1) is 11.4 Å². The molecular weight excluding hydrogens is 468 g/mol. The zero-order chi connectivity index (χ0) is 25.9. The number of para-hydroxylation sites is 2. The van der Waals surface area contributed by atoms with Crippen molar-refractivity contribution in [2.24, 2.45) is 9.98 Å². The smallest absolute Gasteiger partial charge is 0.124 e. The molecule has 0 heterocycles. The molecule has 0 amide bonds. The van der Waals surface area contributed by atoms with Crippen LogP contribution in [0.4, 0.5) is 11.4 Å². The summed E-state index contributed by atoms with van der Waals surface area (Å²) < 4.78 is 0. The molecule has 0 saturated carbocycles. The highest BCUT2D eigenvalue weighted by atomic mass is 16.3. The van der Waals surface area contributed by atoms with Gasteiger partial charge in [0.15, 0.2) is 0 Å². The summed E-state index contributed by atoms with van der Waals surface area (Å²) >= 11 is 0. The molecule has 4 heteroatoms. The number of hydrogen-bond acceptors (Lipinski definition) is 4. The molecule has 0 aliphatic heterocycles. The van der Waals surface area contributed by atoms with Gasteiger partial charge in [0.2, 0.25) is 0 Å². The Balaban J connectivity index is 1.53. The van der Waals surface area contributed by atoms with E-state index in [-0.39, 0.29) is 11.5 Å². The van der Waals surface area contributed by atoms with E-state index in [1.165, 1.54) is 0 Å². The van der Waals surface area contributed by atoms with Gasteiger partial charge in [-0.05, 0) is 69.6 Å². The molecule has 2 N–H and O–H groups in total. The van der Waals surface area contributed by atoms with E-state index in [1.807, 2.05) is 48.5 Å². The molecule has 182 valence electrons. The van der Waals surface area contributed by atoms with Crippen LogP contribution in [0.15, 0.2) is 131 Å². The molecule has 38 heavy (non-hydrogen) atoms. The Bertz CT molecular complexity index is 1850. The summed E-state index contributed by atoms with van der Waals surface area (Å²) in [5.74, 6) is 0.385. The summed E-state index contributed by atoms with van der Waals surface area (Å²) in [6.45, 7) is 0. The van der Waals surface area contributed by atoms with Crippen molar-refractivity contribution in [3.05, 3.63) is 132 Å². The van der Waals surface area contributed by atoms with Gasteiger partial charge in [0.1, 0.15) is 11.5 Å². The van der Waals surface area contributed by atoms with E-state index in [0.29, 0.717) is 11.1 Å². The molecule has 6 aromatic rings. The van der Waals surface area contributed by atoms with Crippen molar-refractivity contribution >= 4 is 45.3 Å². The number of fused-ring (bicyclic) bond motifs is 2. The maximum absolute atomic E-state index is 10.2. The minimum absolute atomic E-state index is 0.190. The zero-order valence-electron chi connectivity index (χ0n) is 20.5. The quantitative estimate of drug-likeness (QED) is 0.237. The Labute approximate surface area is 220 Å². The summed E-state index contributed by atoms with van der Waals surface area (Å²) in [6, 6.07) is 39.1. The Morgan fingerprint density at radius 3 is 1.87 bits per heavy atom. The number of aliphatic imine (C=N–C) groups is 2. The van der Waals surface area contributed by atoms with E-state index < -0.39 is 0 Å². The lowest BCUT2D eigenvalue weighted by molar-refractivity contribution is 0.474. The third-order valence-corrected chi connectivity index (χ3v) is 6.61. The van der Waals surface area contributed by atoms with Gasteiger partial charge in [-0.25, -0.2) is 0 Å². The van der Waals surface area contributed by atoms with Crippen LogP contribution in [0.25, 0.3) is 32.7 Å². The lowest BCUT2D eigenvalue weighted by Crippen LogP contribution is -1.87. The predicted molar refractivity (Wildman–Crippen MR) is 158 cm³/mol. The summed E-state index contributed by atoms with van der Waals surface area (Å²) in [5.41, 5.74) is 4.97. The molecule has 0 saturated heterocycles. The van der Waals surface area contributed by atoms with Crippen LogP contribution in [0.3, 0.4) is 0 Å². The predicted octanol–water partition coefficient (Wildman–Crippen LogP) is 8.57. The summed E-state index contributed by atoms with van der Waals surface area (Å²) in [4.78, 5) is 9.49. The standard InChI is InChI=1S/C34H24N2O2/c37-32-14-5-2-9-25(32)21-35-27-18-16-24-11-7-13-29(30(24)20-27)34-28-12-4-1-8-23(28)17-19-31(34)36-22-26-10-3-6-15-33(26)38/h1-22,37-38H. The minimum Gasteiger partial charge on any atom is -0.507 e. The van der Waals surface area contributed by atoms with Crippen LogP contribution in [-0.2, 0) is 0 Å². The number of hydrogen-bond donors (Lipinski definition) is 2. The minimum atomic E-state index is 0.190. The maximum Gasteiger partial charge on any atom is 0.124 e. The third kappa shape index (κ3) is 4.51. The first-order chi connectivity index (χ1) is 18.7. The molecule has 0 atom stereocenters. The van der Waals surface area contributed by atoms with Crippen molar-refractivity contribution in [1.82, 2.24) is 0 Å². The number of aromatic hydroxyl groups is 2. The van der Waals surface area contributed by atoms with Crippen LogP contribution < -0.4 is 0 Å². The summed E-state index contributed by atoms with van der Waals surface area (Å²) in [6.07, 6.45) is 3.38. The van der Waals surface area contributed by atoms with Crippen LogP contribution in [-0.4, -0.2) is 22.6 Å². The average molecular weight is 493 g/mol. The zero-order valence-corrected chi connectivity index (χ0v) is 20.5. The number of rotatable bonds is 5. The van der Waals surface area contributed by atoms with Gasteiger partial charge in [-0.3, -0.25) is 9.98 Å². The molecule has 0 aliphatic carbocycles. The Kier molecular flexibility index (Phi) is 6.12. The van der Waals surface area contributed by atoms with E-state index in [1.54, 1.807) is 36.7 Å². The molecule has 6 aromatic carbocycles. The lowest BCUT2D eigenvalue weighted by Gasteiger charge is -2.14. The second-order valence-corrected chi connectivity index (χ2v) is 9.03. The Morgan fingerprint density at radius 2 is 1.11 bits per heavy atom. The monoisotopic (exact) mass is 492 g/mol. The highest BCUT2D eigenvalue weighted by molar-refractivity contribution is 6.10. The van der Waals surface area contributed by atoms with Crippen molar-refractivity contribution < 1.29 is 10.2 Å². The molecule has 4 nitrogen and oxygen atoms in total. The molecule has 0 aliphatic rings. The molecule has 0 radical (unpaired) electrons. The van der Waals surface area contributed by atoms with Crippen LogP contribution in [0.5, 0.6) is 11.5 Å². The number of nitrogens with zero attached hydrogens (tertiary/aromatic N) is 2. The molecule has 0 aromatic heterocycles. The molecule has 0 unspecified atom stereocenters. The van der Waals surface area contributed by atoms with Gasteiger partial charge in [0, 0.05) is 29.1 Å². The van der Waals surface area contributed by atoms with Crippen molar-refractivity contribution in [1.29, 1.82) is 0 Å². The van der Waals surface area contributed by atoms with Crippen LogP contribution in [0.1, 0.15) is 11.1 Å². The summed E-state index contributed by atoms with van der Waals surface area (Å²) in [7, 11) is 0. The molecule has 0 spiro atoms. The van der Waals surface area contributed by atoms with Gasteiger partial charge >= 0.3 is 0 Å². The summed E-state index contributed by atoms with van der Waals surface area (Å²) in [5, 5.41) is 24.7. The van der Waals surface area contributed by atoms with Gasteiger partial charge in [-0.2, -0.15) is 0 Å². The van der Waals surface area contributed by atoms with Gasteiger partial charge in [-0.15, -0.1) is 0 Å². The van der Waals surface area contributed by atoms with Crippen molar-refractivity contribution in [2.75, 3.05) is 0 Å².